The molecule has 1 unspecified atom stereocenters. The Kier molecular flexibility index (Phi) is 6.60. The van der Waals surface area contributed by atoms with E-state index < -0.39 is 0 Å². The van der Waals surface area contributed by atoms with Gasteiger partial charge in [0.25, 0.3) is 0 Å². The minimum atomic E-state index is -0.0456. The van der Waals surface area contributed by atoms with E-state index in [-0.39, 0.29) is 6.04 Å². The van der Waals surface area contributed by atoms with E-state index in [9.17, 15) is 0 Å². The molecule has 8 heteroatoms. The van der Waals surface area contributed by atoms with E-state index in [0.29, 0.717) is 12.4 Å². The highest BCUT2D eigenvalue weighted by Gasteiger charge is 2.21. The largest absolute Gasteiger partial charge is 0.368 e. The van der Waals surface area contributed by atoms with Crippen LogP contribution in [0.25, 0.3) is 22.3 Å². The van der Waals surface area contributed by atoms with Gasteiger partial charge in [0.2, 0.25) is 0 Å². The van der Waals surface area contributed by atoms with Crippen molar-refractivity contribution in [3.05, 3.63) is 72.7 Å². The van der Waals surface area contributed by atoms with Crippen molar-refractivity contribution in [2.24, 2.45) is 5.73 Å². The molecule has 4 heterocycles. The summed E-state index contributed by atoms with van der Waals surface area (Å²) < 4.78 is 0. The smallest absolute Gasteiger partial charge is 0.162 e. The molecule has 1 fully saturated rings. The van der Waals surface area contributed by atoms with E-state index in [1.165, 1.54) is 5.56 Å². The topological polar surface area (TPSA) is 96.1 Å². The second kappa shape index (κ2) is 10.1. The van der Waals surface area contributed by atoms with Gasteiger partial charge in [0.05, 0.1) is 0 Å². The maximum atomic E-state index is 6.47. The Bertz CT molecular complexity index is 1220. The number of fused-ring (bicyclic) bond motifs is 1. The summed E-state index contributed by atoms with van der Waals surface area (Å²) in [5, 5.41) is 4.46. The summed E-state index contributed by atoms with van der Waals surface area (Å²) in [6, 6.07) is 16.1. The Hall–Kier alpha value is -3.62. The van der Waals surface area contributed by atoms with E-state index in [1.807, 2.05) is 42.6 Å². The monoisotopic (exact) mass is 454 g/mol. The van der Waals surface area contributed by atoms with Gasteiger partial charge >= 0.3 is 0 Å². The summed E-state index contributed by atoms with van der Waals surface area (Å²) in [5.41, 5.74) is 9.47. The number of likely N-dealkylation sites (N-methyl/N-ethyl adjacent to an activating group) is 1. The Morgan fingerprint density at radius 2 is 1.71 bits per heavy atom. The van der Waals surface area contributed by atoms with Crippen LogP contribution in [0.3, 0.4) is 0 Å². The van der Waals surface area contributed by atoms with Crippen molar-refractivity contribution in [3.8, 4) is 11.4 Å². The van der Waals surface area contributed by atoms with E-state index in [2.05, 4.69) is 39.3 Å². The van der Waals surface area contributed by atoms with E-state index in [1.54, 1.807) is 12.4 Å². The lowest BCUT2D eigenvalue weighted by atomic mass is 10.1. The number of anilines is 2. The second-order valence-electron chi connectivity index (χ2n) is 8.78. The zero-order chi connectivity index (χ0) is 23.3. The van der Waals surface area contributed by atoms with Crippen molar-refractivity contribution in [1.29, 1.82) is 0 Å². The molecule has 3 N–H and O–H groups in total. The highest BCUT2D eigenvalue weighted by Crippen LogP contribution is 2.30. The number of nitrogens with one attached hydrogen (secondary N) is 1. The zero-order valence-corrected chi connectivity index (χ0v) is 19.4. The molecule has 1 aliphatic rings. The second-order valence-corrected chi connectivity index (χ2v) is 8.78. The summed E-state index contributed by atoms with van der Waals surface area (Å²) in [6.07, 6.45) is 6.16. The van der Waals surface area contributed by atoms with Crippen LogP contribution in [-0.2, 0) is 6.42 Å². The van der Waals surface area contributed by atoms with Gasteiger partial charge in [-0.3, -0.25) is 4.98 Å². The lowest BCUT2D eigenvalue weighted by molar-refractivity contribution is 0.312. The molecular weight excluding hydrogens is 424 g/mol. The molecule has 0 saturated carbocycles. The summed E-state index contributed by atoms with van der Waals surface area (Å²) in [5.74, 6) is 2.33. The summed E-state index contributed by atoms with van der Waals surface area (Å²) in [4.78, 5) is 23.4. The molecule has 0 aliphatic carbocycles. The van der Waals surface area contributed by atoms with E-state index >= 15 is 0 Å². The lowest BCUT2D eigenvalue weighted by Crippen LogP contribution is -2.45. The lowest BCUT2D eigenvalue weighted by Gasteiger charge is -2.33. The predicted molar refractivity (Wildman–Crippen MR) is 137 cm³/mol. The van der Waals surface area contributed by atoms with Crippen LogP contribution < -0.4 is 16.0 Å². The maximum Gasteiger partial charge on any atom is 0.162 e. The van der Waals surface area contributed by atoms with Gasteiger partial charge in [-0.2, -0.15) is 0 Å². The van der Waals surface area contributed by atoms with Crippen molar-refractivity contribution in [2.75, 3.05) is 50.0 Å². The molecule has 0 amide bonds. The van der Waals surface area contributed by atoms with Crippen LogP contribution in [0, 0.1) is 0 Å². The molecule has 174 valence electrons. The number of nitrogens with zero attached hydrogens (tertiary/aromatic N) is 6. The van der Waals surface area contributed by atoms with Gasteiger partial charge in [-0.1, -0.05) is 30.3 Å². The SMILES string of the molecule is CN1CCN(c2nccc3c(NCC(N)Cc4ccccc4)nc(-c4ccncc4)nc23)CC1. The fraction of sp³-hybridized carbons (Fsp3) is 0.308. The Balaban J connectivity index is 1.49. The highest BCUT2D eigenvalue weighted by molar-refractivity contribution is 5.97. The van der Waals surface area contributed by atoms with Crippen LogP contribution in [0.1, 0.15) is 5.56 Å². The Morgan fingerprint density at radius 3 is 2.47 bits per heavy atom. The molecule has 4 aromatic rings. The van der Waals surface area contributed by atoms with Crippen LogP contribution in [0.15, 0.2) is 67.1 Å². The van der Waals surface area contributed by atoms with Crippen LogP contribution in [-0.4, -0.2) is 70.6 Å². The first-order valence-electron chi connectivity index (χ1n) is 11.7. The number of aromatic nitrogens is 4. The minimum Gasteiger partial charge on any atom is -0.368 e. The normalized spacial score (nSPS) is 15.4. The van der Waals surface area contributed by atoms with E-state index in [0.717, 1.165) is 60.7 Å². The molecule has 34 heavy (non-hydrogen) atoms. The average Bonchev–Trinajstić information content (AvgIpc) is 2.88. The molecular formula is C26H30N8. The molecule has 0 spiro atoms. The number of hydrogen-bond donors (Lipinski definition) is 2. The summed E-state index contributed by atoms with van der Waals surface area (Å²) in [7, 11) is 2.15. The standard InChI is InChI=1S/C26H30N8/c1-33-13-15-34(16-14-33)26-23-22(9-12-29-26)25(32-24(31-23)20-7-10-28-11-8-20)30-18-21(27)17-19-5-3-2-4-6-19/h2-12,21H,13-18,27H2,1H3,(H,30,31,32). The van der Waals surface area contributed by atoms with Crippen LogP contribution >= 0.6 is 0 Å². The molecule has 1 aromatic carbocycles. The molecule has 0 radical (unpaired) electrons. The highest BCUT2D eigenvalue weighted by atomic mass is 15.3. The number of piperazine rings is 1. The minimum absolute atomic E-state index is 0.0456. The van der Waals surface area contributed by atoms with Gasteiger partial charge in [0.1, 0.15) is 11.3 Å². The van der Waals surface area contributed by atoms with Gasteiger partial charge in [0, 0.05) is 68.3 Å². The van der Waals surface area contributed by atoms with Crippen molar-refractivity contribution in [2.45, 2.75) is 12.5 Å². The van der Waals surface area contributed by atoms with Crippen LogP contribution in [0.5, 0.6) is 0 Å². The van der Waals surface area contributed by atoms with Gasteiger partial charge < -0.3 is 20.9 Å². The van der Waals surface area contributed by atoms with Crippen molar-refractivity contribution in [1.82, 2.24) is 24.8 Å². The number of pyridine rings is 2. The van der Waals surface area contributed by atoms with Gasteiger partial charge in [0.15, 0.2) is 11.6 Å². The first kappa shape index (κ1) is 22.2. The number of nitrogens with two attached hydrogens (primary N) is 1. The van der Waals surface area contributed by atoms with Crippen LogP contribution in [0.4, 0.5) is 11.6 Å². The number of benzene rings is 1. The van der Waals surface area contributed by atoms with Gasteiger partial charge in [-0.25, -0.2) is 15.0 Å². The maximum absolute atomic E-state index is 6.47. The van der Waals surface area contributed by atoms with Crippen LogP contribution in [0.2, 0.25) is 0 Å². The summed E-state index contributed by atoms with van der Waals surface area (Å²) >= 11 is 0. The van der Waals surface area contributed by atoms with Crippen molar-refractivity contribution < 1.29 is 0 Å². The Morgan fingerprint density at radius 1 is 0.941 bits per heavy atom. The van der Waals surface area contributed by atoms with Crippen molar-refractivity contribution in [3.63, 3.8) is 0 Å². The van der Waals surface area contributed by atoms with E-state index in [4.69, 9.17) is 20.7 Å². The number of hydrogen-bond acceptors (Lipinski definition) is 8. The first-order chi connectivity index (χ1) is 16.7. The molecule has 3 aromatic heterocycles. The Labute approximate surface area is 199 Å². The zero-order valence-electron chi connectivity index (χ0n) is 19.4. The molecule has 1 aliphatic heterocycles. The fourth-order valence-corrected chi connectivity index (χ4v) is 4.27. The quantitative estimate of drug-likeness (QED) is 0.440. The average molecular weight is 455 g/mol. The fourth-order valence-electron chi connectivity index (χ4n) is 4.27. The molecule has 0 bridgehead atoms. The summed E-state index contributed by atoms with van der Waals surface area (Å²) in [6.45, 7) is 4.44. The molecule has 1 saturated heterocycles. The predicted octanol–water partition coefficient (Wildman–Crippen LogP) is 2.82. The molecule has 5 rings (SSSR count). The third-order valence-electron chi connectivity index (χ3n) is 6.21. The molecule has 8 nitrogen and oxygen atoms in total. The van der Waals surface area contributed by atoms with Gasteiger partial charge in [-0.15, -0.1) is 0 Å². The van der Waals surface area contributed by atoms with Gasteiger partial charge in [-0.05, 0) is 37.2 Å². The third-order valence-corrected chi connectivity index (χ3v) is 6.21. The number of rotatable bonds is 7. The van der Waals surface area contributed by atoms with Crippen molar-refractivity contribution >= 4 is 22.5 Å². The molecule has 1 atom stereocenters. The third kappa shape index (κ3) is 4.98. The first-order valence-corrected chi connectivity index (χ1v) is 11.7.